The molecule has 4 nitrogen and oxygen atoms in total. The van der Waals surface area contributed by atoms with Crippen molar-refractivity contribution in [2.75, 3.05) is 6.61 Å². The smallest absolute Gasteiger partial charge is 0.225 e. The molecule has 4 rings (SSSR count). The van der Waals surface area contributed by atoms with E-state index in [1.807, 2.05) is 97.9 Å². The molecule has 0 bridgehead atoms. The first-order valence-corrected chi connectivity index (χ1v) is 10.8. The predicted octanol–water partition coefficient (Wildman–Crippen LogP) is 6.29. The van der Waals surface area contributed by atoms with Gasteiger partial charge in [0.15, 0.2) is 0 Å². The van der Waals surface area contributed by atoms with Gasteiger partial charge in [-0.05, 0) is 41.8 Å². The van der Waals surface area contributed by atoms with Crippen molar-refractivity contribution in [2.45, 2.75) is 20.1 Å². The summed E-state index contributed by atoms with van der Waals surface area (Å²) in [7, 11) is 0. The summed E-state index contributed by atoms with van der Waals surface area (Å²) in [4.78, 5) is 4.67. The van der Waals surface area contributed by atoms with Gasteiger partial charge in [0.05, 0.1) is 12.2 Å². The molecule has 0 atom stereocenters. The number of terminal acetylenes is 1. The van der Waals surface area contributed by atoms with E-state index < -0.39 is 0 Å². The molecule has 4 aromatic rings. The topological polar surface area (TPSA) is 40.6 Å². The number of pyridine rings is 1. The quantitative estimate of drug-likeness (QED) is 0.290. The molecule has 4 heteroatoms. The summed E-state index contributed by atoms with van der Waals surface area (Å²) in [6.45, 7) is 3.30. The molecule has 1 aromatic heterocycles. The normalized spacial score (nSPS) is 10.3. The molecule has 0 N–H and O–H groups in total. The van der Waals surface area contributed by atoms with Gasteiger partial charge in [-0.15, -0.1) is 6.42 Å². The highest BCUT2D eigenvalue weighted by Crippen LogP contribution is 2.34. The Labute approximate surface area is 194 Å². The molecule has 0 aliphatic carbocycles. The van der Waals surface area contributed by atoms with Crippen molar-refractivity contribution in [3.05, 3.63) is 108 Å². The molecule has 0 radical (unpaired) electrons. The second-order valence-electron chi connectivity index (χ2n) is 7.34. The van der Waals surface area contributed by atoms with E-state index in [1.54, 1.807) is 0 Å². The number of hydrogen-bond donors (Lipinski definition) is 0. The maximum absolute atomic E-state index is 6.15. The monoisotopic (exact) mass is 435 g/mol. The molecular weight excluding hydrogens is 410 g/mol. The Morgan fingerprint density at radius 3 is 2.06 bits per heavy atom. The Bertz CT molecular complexity index is 1230. The minimum absolute atomic E-state index is 0.391. The third-order valence-electron chi connectivity index (χ3n) is 5.03. The van der Waals surface area contributed by atoms with Crippen LogP contribution < -0.4 is 14.2 Å². The second kappa shape index (κ2) is 10.9. The summed E-state index contributed by atoms with van der Waals surface area (Å²) in [5, 5.41) is 0. The number of aromatic nitrogens is 1. The predicted molar refractivity (Wildman–Crippen MR) is 130 cm³/mol. The maximum Gasteiger partial charge on any atom is 0.225 e. The van der Waals surface area contributed by atoms with Crippen LogP contribution in [0, 0.1) is 12.3 Å². The van der Waals surface area contributed by atoms with Crippen LogP contribution in [0.1, 0.15) is 23.6 Å². The van der Waals surface area contributed by atoms with Crippen molar-refractivity contribution in [2.24, 2.45) is 0 Å². The zero-order valence-corrected chi connectivity index (χ0v) is 18.5. The van der Waals surface area contributed by atoms with Gasteiger partial charge >= 0.3 is 0 Å². The van der Waals surface area contributed by atoms with E-state index in [9.17, 15) is 0 Å². The van der Waals surface area contributed by atoms with Crippen LogP contribution >= 0.6 is 0 Å². The molecule has 33 heavy (non-hydrogen) atoms. The number of benzene rings is 3. The molecule has 0 aliphatic rings. The van der Waals surface area contributed by atoms with Crippen LogP contribution in [-0.2, 0) is 13.2 Å². The third kappa shape index (κ3) is 5.72. The molecule has 0 spiro atoms. The molecule has 0 saturated carbocycles. The number of ether oxygens (including phenoxy) is 3. The minimum Gasteiger partial charge on any atom is -0.493 e. The summed E-state index contributed by atoms with van der Waals surface area (Å²) in [6.07, 6.45) is 5.72. The summed E-state index contributed by atoms with van der Waals surface area (Å²) < 4.78 is 17.7. The zero-order chi connectivity index (χ0) is 22.9. The van der Waals surface area contributed by atoms with Crippen molar-refractivity contribution in [1.82, 2.24) is 4.98 Å². The molecule has 1 heterocycles. The summed E-state index contributed by atoms with van der Waals surface area (Å²) >= 11 is 0. The molecular formula is C29H25NO3. The van der Waals surface area contributed by atoms with Gasteiger partial charge in [0.1, 0.15) is 19.0 Å². The molecule has 0 saturated heterocycles. The van der Waals surface area contributed by atoms with Crippen LogP contribution in [0.15, 0.2) is 91.0 Å². The first-order valence-electron chi connectivity index (χ1n) is 10.8. The molecule has 164 valence electrons. The van der Waals surface area contributed by atoms with Gasteiger partial charge in [-0.1, -0.05) is 72.7 Å². The largest absolute Gasteiger partial charge is 0.493 e. The fraction of sp³-hybridized carbons (Fsp3) is 0.138. The van der Waals surface area contributed by atoms with Crippen molar-refractivity contribution in [3.8, 4) is 41.0 Å². The van der Waals surface area contributed by atoms with Crippen LogP contribution in [0.2, 0.25) is 0 Å². The lowest BCUT2D eigenvalue weighted by Gasteiger charge is -2.14. The lowest BCUT2D eigenvalue weighted by atomic mass is 10.0. The maximum atomic E-state index is 6.15. The molecule has 0 unspecified atom stereocenters. The summed E-state index contributed by atoms with van der Waals surface area (Å²) in [5.74, 6) is 4.37. The standard InChI is InChI=1S/C29H25NO3/c1-3-24-19-25(15-17-27(24)31-4-2)26-16-18-28(32-20-22-11-7-5-8-12-22)30-29(26)33-21-23-13-9-6-10-14-23/h1,5-19H,4,20-21H2,2H3. The van der Waals surface area contributed by atoms with Crippen molar-refractivity contribution >= 4 is 0 Å². The van der Waals surface area contributed by atoms with Gasteiger partial charge in [0.25, 0.3) is 0 Å². The molecule has 3 aromatic carbocycles. The Morgan fingerprint density at radius 1 is 0.758 bits per heavy atom. The van der Waals surface area contributed by atoms with E-state index >= 15 is 0 Å². The lowest BCUT2D eigenvalue weighted by molar-refractivity contribution is 0.268. The van der Waals surface area contributed by atoms with Crippen LogP contribution in [0.5, 0.6) is 17.5 Å². The van der Waals surface area contributed by atoms with Crippen LogP contribution in [0.4, 0.5) is 0 Å². The van der Waals surface area contributed by atoms with Gasteiger partial charge in [-0.2, -0.15) is 4.98 Å². The summed E-state index contributed by atoms with van der Waals surface area (Å²) in [6, 6.07) is 29.5. The van der Waals surface area contributed by atoms with Gasteiger partial charge in [0, 0.05) is 11.6 Å². The van der Waals surface area contributed by atoms with Crippen LogP contribution in [-0.4, -0.2) is 11.6 Å². The number of nitrogens with zero attached hydrogens (tertiary/aromatic N) is 1. The Balaban J connectivity index is 1.64. The first kappa shape index (κ1) is 22.0. The molecule has 0 aliphatic heterocycles. The highest BCUT2D eigenvalue weighted by Gasteiger charge is 2.13. The lowest BCUT2D eigenvalue weighted by Crippen LogP contribution is -2.02. The van der Waals surface area contributed by atoms with Crippen molar-refractivity contribution in [3.63, 3.8) is 0 Å². The summed E-state index contributed by atoms with van der Waals surface area (Å²) in [5.41, 5.74) is 4.54. The molecule has 0 fully saturated rings. The van der Waals surface area contributed by atoms with Gasteiger partial charge in [-0.25, -0.2) is 0 Å². The van der Waals surface area contributed by atoms with Crippen molar-refractivity contribution in [1.29, 1.82) is 0 Å². The Morgan fingerprint density at radius 2 is 1.42 bits per heavy atom. The van der Waals surface area contributed by atoms with Gasteiger partial charge < -0.3 is 14.2 Å². The Kier molecular flexibility index (Phi) is 7.25. The molecule has 0 amide bonds. The number of hydrogen-bond acceptors (Lipinski definition) is 4. The van der Waals surface area contributed by atoms with Crippen LogP contribution in [0.3, 0.4) is 0 Å². The van der Waals surface area contributed by atoms with Gasteiger partial charge in [0.2, 0.25) is 11.8 Å². The zero-order valence-electron chi connectivity index (χ0n) is 18.5. The highest BCUT2D eigenvalue weighted by molar-refractivity contribution is 5.72. The van der Waals surface area contributed by atoms with E-state index in [4.69, 9.17) is 20.6 Å². The Hall–Kier alpha value is -4.23. The first-order chi connectivity index (χ1) is 16.3. The fourth-order valence-electron chi connectivity index (χ4n) is 3.38. The third-order valence-corrected chi connectivity index (χ3v) is 5.03. The average Bonchev–Trinajstić information content (AvgIpc) is 2.88. The average molecular weight is 436 g/mol. The van der Waals surface area contributed by atoms with Gasteiger partial charge in [-0.3, -0.25) is 0 Å². The van der Waals surface area contributed by atoms with E-state index in [1.165, 1.54) is 0 Å². The van der Waals surface area contributed by atoms with E-state index in [0.29, 0.717) is 42.9 Å². The van der Waals surface area contributed by atoms with E-state index in [2.05, 4.69) is 10.9 Å². The SMILES string of the molecule is C#Cc1cc(-c2ccc(OCc3ccccc3)nc2OCc2ccccc2)ccc1OCC. The van der Waals surface area contributed by atoms with Crippen LogP contribution in [0.25, 0.3) is 11.1 Å². The van der Waals surface area contributed by atoms with Crippen molar-refractivity contribution < 1.29 is 14.2 Å². The highest BCUT2D eigenvalue weighted by atomic mass is 16.5. The second-order valence-corrected chi connectivity index (χ2v) is 7.34. The fourth-order valence-corrected chi connectivity index (χ4v) is 3.38. The van der Waals surface area contributed by atoms with E-state index in [0.717, 1.165) is 22.3 Å². The number of rotatable bonds is 9. The minimum atomic E-state index is 0.391. The van der Waals surface area contributed by atoms with E-state index in [-0.39, 0.29) is 0 Å².